The zero-order valence-electron chi connectivity index (χ0n) is 47.1. The first kappa shape index (κ1) is 61.0. The van der Waals surface area contributed by atoms with E-state index in [0.29, 0.717) is 45.9 Å². The fraction of sp³-hybridized carbons (Fsp3) is 0.203. The van der Waals surface area contributed by atoms with E-state index in [2.05, 4.69) is 92.2 Å². The smallest absolute Gasteiger partial charge is 0.434 e. The molecule has 0 saturated heterocycles. The number of rotatable bonds is 28. The number of nitrogens with one attached hydrogen (secondary N) is 4. The highest BCUT2D eigenvalue weighted by atomic mass is 35.5. The lowest BCUT2D eigenvalue weighted by molar-refractivity contribution is 0.0518. The predicted octanol–water partition coefficient (Wildman–Crippen LogP) is 13.3. The highest BCUT2D eigenvalue weighted by Crippen LogP contribution is 2.46. The molecule has 2 heterocycles. The van der Waals surface area contributed by atoms with Crippen molar-refractivity contribution in [3.8, 4) is 0 Å². The monoisotopic (exact) mass is 1220 g/mol. The molecule has 0 aliphatic rings. The maximum atomic E-state index is 14.1. The van der Waals surface area contributed by atoms with Crippen LogP contribution in [0, 0.1) is 0 Å². The number of hydrogen-bond acceptors (Lipinski definition) is 9. The van der Waals surface area contributed by atoms with Crippen LogP contribution in [0.25, 0.3) is 0 Å². The minimum absolute atomic E-state index is 0.0527. The molecular weight excluding hydrogens is 1160 g/mol. The van der Waals surface area contributed by atoms with E-state index in [4.69, 9.17) is 42.6 Å². The summed E-state index contributed by atoms with van der Waals surface area (Å²) in [5.74, 6) is -1.16. The highest BCUT2D eigenvalue weighted by molar-refractivity contribution is 7.89. The molecule has 10 aromatic rings. The number of benzene rings is 8. The Morgan fingerprint density at radius 2 is 0.709 bits per heavy atom. The van der Waals surface area contributed by atoms with Gasteiger partial charge in [0, 0.05) is 47.4 Å². The molecular formula is C69H66Cl2N6O7S2. The average Bonchev–Trinajstić information content (AvgIpc) is 1.41. The molecule has 2 unspecified atom stereocenters. The maximum absolute atomic E-state index is 14.1. The first-order chi connectivity index (χ1) is 41.8. The van der Waals surface area contributed by atoms with Crippen molar-refractivity contribution in [1.82, 2.24) is 29.4 Å². The molecule has 86 heavy (non-hydrogen) atoms. The first-order valence-corrected chi connectivity index (χ1v) is 32.6. The Hall–Kier alpha value is -8.15. The minimum Gasteiger partial charge on any atom is -0.434 e. The molecule has 0 spiro atoms. The zero-order chi connectivity index (χ0) is 59.8. The van der Waals surface area contributed by atoms with Crippen LogP contribution in [-0.4, -0.2) is 80.7 Å². The summed E-state index contributed by atoms with van der Waals surface area (Å²) in [6.45, 7) is -0.183. The van der Waals surface area contributed by atoms with Gasteiger partial charge < -0.3 is 19.4 Å². The zero-order valence-corrected chi connectivity index (χ0v) is 50.3. The molecule has 0 saturated carbocycles. The summed E-state index contributed by atoms with van der Waals surface area (Å²) in [7, 11) is -7.90. The molecule has 2 aromatic heterocycles. The molecule has 0 aliphatic carbocycles. The summed E-state index contributed by atoms with van der Waals surface area (Å²) in [6.07, 6.45) is 3.43. The van der Waals surface area contributed by atoms with Crippen LogP contribution >= 0.6 is 23.2 Å². The van der Waals surface area contributed by atoms with Crippen LogP contribution in [0.1, 0.15) is 92.2 Å². The Morgan fingerprint density at radius 1 is 0.430 bits per heavy atom. The normalized spacial score (nSPS) is 12.8. The quantitative estimate of drug-likeness (QED) is 0.0274. The lowest BCUT2D eigenvalue weighted by atomic mass is 9.69. The summed E-state index contributed by atoms with van der Waals surface area (Å²) < 4.78 is 73.4. The summed E-state index contributed by atoms with van der Waals surface area (Å²) in [6, 6.07) is 74.6. The van der Waals surface area contributed by atoms with E-state index in [1.807, 2.05) is 133 Å². The van der Waals surface area contributed by atoms with Gasteiger partial charge in [-0.2, -0.15) is 0 Å². The van der Waals surface area contributed by atoms with E-state index >= 15 is 0 Å². The fourth-order valence-electron chi connectivity index (χ4n) is 11.3. The number of ether oxygens (including phenoxy) is 2. The van der Waals surface area contributed by atoms with Crippen LogP contribution in [0.15, 0.2) is 243 Å². The summed E-state index contributed by atoms with van der Waals surface area (Å²) >= 11 is 12.2. The van der Waals surface area contributed by atoms with Crippen molar-refractivity contribution in [1.29, 1.82) is 0 Å². The number of hydrogen-bond donors (Lipinski definition) is 4. The van der Waals surface area contributed by atoms with E-state index in [-0.39, 0.29) is 50.7 Å². The Bertz CT molecular complexity index is 3530. The fourth-order valence-corrected chi connectivity index (χ4v) is 14.4. The van der Waals surface area contributed by atoms with Crippen LogP contribution in [0.3, 0.4) is 0 Å². The number of nitrogens with zero attached hydrogens (tertiary/aromatic N) is 2. The van der Waals surface area contributed by atoms with Crippen LogP contribution in [0.5, 0.6) is 0 Å². The summed E-state index contributed by atoms with van der Waals surface area (Å²) in [4.78, 5) is 31.2. The van der Waals surface area contributed by atoms with E-state index in [1.165, 1.54) is 0 Å². The topological polar surface area (TPSA) is 185 Å². The Balaban J connectivity index is 0.899. The standard InChI is InChI=1S/C69H66Cl2N6O7S2/c70-61-35-31-51(32-36-61)39-43-74-85(79,80)49-53(63-47-72-65(76-63)68(55-19-7-1-8-20-55,56-21-9-2-10-22-56)57-23-11-3-12-24-57)41-45-83-67(78)84-46-42-54(50-86(81,82)75-44-40-52-33-37-62(71)38-34-52)64-48-73-66(77-64)69(58-25-13-4-14-26-58,59-27-15-5-16-28-59)60-29-17-6-18-30-60/h1-38,47-48,53-54,74-75H,39-46,49-50H2,(H,72,76)(H,73,77). The van der Waals surface area contributed by atoms with Gasteiger partial charge in [0.1, 0.15) is 22.5 Å². The van der Waals surface area contributed by atoms with Crippen molar-refractivity contribution in [2.75, 3.05) is 37.8 Å². The first-order valence-electron chi connectivity index (χ1n) is 28.5. The molecule has 8 aromatic carbocycles. The Labute approximate surface area is 513 Å². The van der Waals surface area contributed by atoms with Crippen molar-refractivity contribution in [2.45, 2.75) is 48.3 Å². The number of sulfonamides is 2. The van der Waals surface area contributed by atoms with E-state index in [1.54, 1.807) is 36.7 Å². The Kier molecular flexibility index (Phi) is 20.1. The molecule has 0 amide bonds. The molecule has 440 valence electrons. The van der Waals surface area contributed by atoms with E-state index in [0.717, 1.165) is 44.5 Å². The average molecular weight is 1230 g/mol. The van der Waals surface area contributed by atoms with Gasteiger partial charge in [0.25, 0.3) is 0 Å². The number of H-pyrrole nitrogens is 2. The van der Waals surface area contributed by atoms with Gasteiger partial charge in [-0.1, -0.05) is 229 Å². The van der Waals surface area contributed by atoms with Crippen molar-refractivity contribution in [2.24, 2.45) is 0 Å². The van der Waals surface area contributed by atoms with Crippen LogP contribution in [0.2, 0.25) is 10.0 Å². The van der Waals surface area contributed by atoms with Gasteiger partial charge in [-0.05, 0) is 94.5 Å². The summed E-state index contributed by atoms with van der Waals surface area (Å²) in [5.41, 5.74) is 6.48. The van der Waals surface area contributed by atoms with Crippen molar-refractivity contribution >= 4 is 49.4 Å². The molecule has 10 rings (SSSR count). The lowest BCUT2D eigenvalue weighted by Crippen LogP contribution is -2.33. The second-order valence-corrected chi connectivity index (χ2v) is 25.6. The summed E-state index contributed by atoms with van der Waals surface area (Å²) in [5, 5.41) is 1.17. The molecule has 0 bridgehead atoms. The maximum Gasteiger partial charge on any atom is 0.508 e. The highest BCUT2D eigenvalue weighted by Gasteiger charge is 2.43. The Morgan fingerprint density at radius 3 is 0.988 bits per heavy atom. The van der Waals surface area contributed by atoms with Gasteiger partial charge in [0.2, 0.25) is 20.0 Å². The second-order valence-electron chi connectivity index (χ2n) is 21.1. The van der Waals surface area contributed by atoms with Crippen LogP contribution < -0.4 is 9.44 Å². The lowest BCUT2D eigenvalue weighted by Gasteiger charge is -2.34. The number of carbonyl (C=O) groups is 1. The number of carbonyl (C=O) groups excluding carboxylic acids is 1. The van der Waals surface area contributed by atoms with Gasteiger partial charge in [0.15, 0.2) is 0 Å². The molecule has 17 heteroatoms. The minimum atomic E-state index is -3.95. The van der Waals surface area contributed by atoms with Crippen molar-refractivity contribution < 1.29 is 31.1 Å². The number of aromatic nitrogens is 4. The van der Waals surface area contributed by atoms with E-state index < -0.39 is 48.9 Å². The predicted molar refractivity (Wildman–Crippen MR) is 340 cm³/mol. The molecule has 4 N–H and O–H groups in total. The third-order valence-corrected chi connectivity index (χ3v) is 19.0. The number of halogens is 2. The van der Waals surface area contributed by atoms with Gasteiger partial charge in [-0.15, -0.1) is 0 Å². The number of aromatic amines is 2. The largest absolute Gasteiger partial charge is 0.508 e. The third-order valence-electron chi connectivity index (χ3n) is 15.5. The van der Waals surface area contributed by atoms with Gasteiger partial charge in [0.05, 0.1) is 36.1 Å². The van der Waals surface area contributed by atoms with Crippen LogP contribution in [0.4, 0.5) is 4.79 Å². The van der Waals surface area contributed by atoms with Crippen molar-refractivity contribution in [3.05, 3.63) is 321 Å². The second kappa shape index (κ2) is 28.4. The number of imidazole rings is 2. The molecule has 0 fully saturated rings. The van der Waals surface area contributed by atoms with Gasteiger partial charge in [-0.3, -0.25) is 0 Å². The van der Waals surface area contributed by atoms with Gasteiger partial charge >= 0.3 is 6.16 Å². The third kappa shape index (κ3) is 14.7. The van der Waals surface area contributed by atoms with Gasteiger partial charge in [-0.25, -0.2) is 41.0 Å². The molecule has 0 aliphatic heterocycles. The molecule has 0 radical (unpaired) electrons. The van der Waals surface area contributed by atoms with E-state index in [9.17, 15) is 21.6 Å². The van der Waals surface area contributed by atoms with Crippen molar-refractivity contribution in [3.63, 3.8) is 0 Å². The SMILES string of the molecule is O=C(OCCC(CS(=O)(=O)NCCc1ccc(Cl)cc1)c1c[nH]c(C(c2ccccc2)(c2ccccc2)c2ccccc2)n1)OCCC(CS(=O)(=O)NCCc1ccc(Cl)cc1)c1c[nH]c(C(c2ccccc2)(c2ccccc2)c2ccccc2)n1. The molecule has 13 nitrogen and oxygen atoms in total. The molecule has 2 atom stereocenters. The van der Waals surface area contributed by atoms with Crippen LogP contribution in [-0.2, 0) is 53.2 Å².